The zero-order valence-electron chi connectivity index (χ0n) is 10.3. The molecule has 0 aromatic carbocycles. The molecule has 0 fully saturated rings. The smallest absolute Gasteiger partial charge is 0.0805 e. The molecule has 0 N–H and O–H groups in total. The fourth-order valence-electron chi connectivity index (χ4n) is 2.05. The first-order chi connectivity index (χ1) is 5.98. The van der Waals surface area contributed by atoms with E-state index in [4.69, 9.17) is 0 Å². The number of hydrogen-bond donors (Lipinski definition) is 0. The highest BCUT2D eigenvalue weighted by Gasteiger charge is 2.15. The van der Waals surface area contributed by atoms with Crippen LogP contribution >= 0.6 is 0 Å². The highest BCUT2D eigenvalue weighted by atomic mass is 15.3. The molecular formula is C12H28N+. The summed E-state index contributed by atoms with van der Waals surface area (Å²) >= 11 is 0. The third kappa shape index (κ3) is 8.29. The Balaban J connectivity index is 3.50. The molecular weight excluding hydrogens is 158 g/mol. The van der Waals surface area contributed by atoms with Gasteiger partial charge in [0.25, 0.3) is 0 Å². The van der Waals surface area contributed by atoms with Gasteiger partial charge in [-0.1, -0.05) is 33.6 Å². The summed E-state index contributed by atoms with van der Waals surface area (Å²) in [6.07, 6.45) is 5.56. The monoisotopic (exact) mass is 186 g/mol. The van der Waals surface area contributed by atoms with Crippen molar-refractivity contribution >= 4 is 0 Å². The molecule has 0 amide bonds. The van der Waals surface area contributed by atoms with Gasteiger partial charge >= 0.3 is 0 Å². The highest BCUT2D eigenvalue weighted by Crippen LogP contribution is 2.08. The molecule has 80 valence electrons. The summed E-state index contributed by atoms with van der Waals surface area (Å²) in [5, 5.41) is 0. The topological polar surface area (TPSA) is 0 Å². The van der Waals surface area contributed by atoms with Gasteiger partial charge in [-0.25, -0.2) is 0 Å². The lowest BCUT2D eigenvalue weighted by Gasteiger charge is -2.31. The molecule has 0 aliphatic carbocycles. The van der Waals surface area contributed by atoms with E-state index < -0.39 is 0 Å². The largest absolute Gasteiger partial charge is 0.328 e. The van der Waals surface area contributed by atoms with Crippen LogP contribution in [0.1, 0.15) is 46.5 Å². The Labute approximate surface area is 84.7 Å². The van der Waals surface area contributed by atoms with Crippen LogP contribution in [0.25, 0.3) is 0 Å². The molecule has 0 saturated heterocycles. The molecule has 0 aromatic rings. The quantitative estimate of drug-likeness (QED) is 0.423. The maximum atomic E-state index is 2.35. The van der Waals surface area contributed by atoms with Gasteiger partial charge in [-0.3, -0.25) is 0 Å². The summed E-state index contributed by atoms with van der Waals surface area (Å²) in [4.78, 5) is 0. The lowest BCUT2D eigenvalue weighted by molar-refractivity contribution is -0.893. The summed E-state index contributed by atoms with van der Waals surface area (Å²) in [6, 6.07) is 0. The van der Waals surface area contributed by atoms with Crippen LogP contribution in [-0.2, 0) is 0 Å². The minimum Gasteiger partial charge on any atom is -0.328 e. The van der Waals surface area contributed by atoms with Crippen LogP contribution in [0.5, 0.6) is 0 Å². The molecule has 0 aliphatic heterocycles. The van der Waals surface area contributed by atoms with Crippen molar-refractivity contribution in [3.63, 3.8) is 0 Å². The summed E-state index contributed by atoms with van der Waals surface area (Å²) in [5.41, 5.74) is 0. The van der Waals surface area contributed by atoms with Gasteiger partial charge in [-0.05, 0) is 12.8 Å². The standard InChI is InChI=1S/C12H28N/c1-6-7-8-9-10-13(4,5)11-12(2)3/h12H,6-11H2,1-5H3/q+1. The maximum Gasteiger partial charge on any atom is 0.0805 e. The molecule has 0 saturated carbocycles. The number of quaternary nitrogens is 1. The average Bonchev–Trinajstić information content (AvgIpc) is 1.95. The van der Waals surface area contributed by atoms with Gasteiger partial charge in [0.1, 0.15) is 0 Å². The molecule has 0 aliphatic rings. The third-order valence-corrected chi connectivity index (χ3v) is 2.48. The average molecular weight is 186 g/mol. The van der Waals surface area contributed by atoms with Crippen molar-refractivity contribution < 1.29 is 4.48 Å². The van der Waals surface area contributed by atoms with Crippen molar-refractivity contribution in [3.05, 3.63) is 0 Å². The summed E-state index contributed by atoms with van der Waals surface area (Å²) < 4.78 is 1.20. The van der Waals surface area contributed by atoms with Crippen LogP contribution in [0.2, 0.25) is 0 Å². The molecule has 0 heterocycles. The molecule has 0 spiro atoms. The molecule has 0 unspecified atom stereocenters. The van der Waals surface area contributed by atoms with E-state index in [1.165, 1.54) is 43.3 Å². The minimum absolute atomic E-state index is 0.821. The SMILES string of the molecule is CCCCCC[N+](C)(C)CC(C)C. The molecule has 1 heteroatoms. The van der Waals surface area contributed by atoms with E-state index in [1.54, 1.807) is 0 Å². The van der Waals surface area contributed by atoms with Crippen LogP contribution in [0, 0.1) is 5.92 Å². The molecule has 1 nitrogen and oxygen atoms in total. The van der Waals surface area contributed by atoms with Gasteiger partial charge in [-0.15, -0.1) is 0 Å². The summed E-state index contributed by atoms with van der Waals surface area (Å²) in [7, 11) is 4.71. The lowest BCUT2D eigenvalue weighted by Crippen LogP contribution is -2.43. The number of nitrogens with zero attached hydrogens (tertiary/aromatic N) is 1. The van der Waals surface area contributed by atoms with Crippen molar-refractivity contribution in [2.45, 2.75) is 46.5 Å². The summed E-state index contributed by atoms with van der Waals surface area (Å²) in [5.74, 6) is 0.821. The van der Waals surface area contributed by atoms with E-state index in [9.17, 15) is 0 Å². The number of unbranched alkanes of at least 4 members (excludes halogenated alkanes) is 3. The Bertz CT molecular complexity index is 116. The van der Waals surface area contributed by atoms with E-state index in [1.807, 2.05) is 0 Å². The first-order valence-electron chi connectivity index (χ1n) is 5.80. The van der Waals surface area contributed by atoms with Crippen molar-refractivity contribution in [2.75, 3.05) is 27.2 Å². The first kappa shape index (κ1) is 13.0. The normalized spacial score (nSPS) is 12.5. The van der Waals surface area contributed by atoms with Gasteiger partial charge < -0.3 is 4.48 Å². The number of hydrogen-bond acceptors (Lipinski definition) is 0. The molecule has 0 radical (unpaired) electrons. The third-order valence-electron chi connectivity index (χ3n) is 2.48. The van der Waals surface area contributed by atoms with Crippen LogP contribution < -0.4 is 0 Å². The zero-order chi connectivity index (χ0) is 10.3. The van der Waals surface area contributed by atoms with E-state index in [-0.39, 0.29) is 0 Å². The number of rotatable bonds is 7. The minimum atomic E-state index is 0.821. The Morgan fingerprint density at radius 3 is 2.08 bits per heavy atom. The van der Waals surface area contributed by atoms with Crippen molar-refractivity contribution in [1.82, 2.24) is 0 Å². The maximum absolute atomic E-state index is 2.35. The molecule has 0 bridgehead atoms. The molecule has 0 rings (SSSR count). The van der Waals surface area contributed by atoms with E-state index in [2.05, 4.69) is 34.9 Å². The van der Waals surface area contributed by atoms with E-state index >= 15 is 0 Å². The lowest BCUT2D eigenvalue weighted by atomic mass is 10.1. The van der Waals surface area contributed by atoms with Gasteiger partial charge in [0.2, 0.25) is 0 Å². The molecule has 13 heavy (non-hydrogen) atoms. The van der Waals surface area contributed by atoms with Crippen LogP contribution in [-0.4, -0.2) is 31.7 Å². The van der Waals surface area contributed by atoms with E-state index in [0.29, 0.717) is 0 Å². The predicted octanol–water partition coefficient (Wildman–Crippen LogP) is 3.30. The van der Waals surface area contributed by atoms with Gasteiger partial charge in [-0.2, -0.15) is 0 Å². The fourth-order valence-corrected chi connectivity index (χ4v) is 2.05. The van der Waals surface area contributed by atoms with Crippen LogP contribution in [0.4, 0.5) is 0 Å². The van der Waals surface area contributed by atoms with E-state index in [0.717, 1.165) is 5.92 Å². The van der Waals surface area contributed by atoms with Crippen LogP contribution in [0.15, 0.2) is 0 Å². The Hall–Kier alpha value is -0.0400. The van der Waals surface area contributed by atoms with Gasteiger partial charge in [0, 0.05) is 5.92 Å². The second-order valence-corrected chi connectivity index (χ2v) is 5.30. The molecule has 0 atom stereocenters. The van der Waals surface area contributed by atoms with Gasteiger partial charge in [0.15, 0.2) is 0 Å². The predicted molar refractivity (Wildman–Crippen MR) is 60.8 cm³/mol. The first-order valence-corrected chi connectivity index (χ1v) is 5.80. The Kier molecular flexibility index (Phi) is 6.40. The van der Waals surface area contributed by atoms with Crippen LogP contribution in [0.3, 0.4) is 0 Å². The highest BCUT2D eigenvalue weighted by molar-refractivity contribution is 4.44. The second kappa shape index (κ2) is 6.42. The molecule has 0 aromatic heterocycles. The Morgan fingerprint density at radius 1 is 1.00 bits per heavy atom. The second-order valence-electron chi connectivity index (χ2n) is 5.30. The van der Waals surface area contributed by atoms with Crippen molar-refractivity contribution in [3.8, 4) is 0 Å². The summed E-state index contributed by atoms with van der Waals surface area (Å²) in [6.45, 7) is 9.55. The fraction of sp³-hybridized carbons (Fsp3) is 1.00. The van der Waals surface area contributed by atoms with Crippen molar-refractivity contribution in [2.24, 2.45) is 5.92 Å². The van der Waals surface area contributed by atoms with Gasteiger partial charge in [0.05, 0.1) is 27.2 Å². The Morgan fingerprint density at radius 2 is 1.62 bits per heavy atom. The van der Waals surface area contributed by atoms with Crippen molar-refractivity contribution in [1.29, 1.82) is 0 Å². The zero-order valence-corrected chi connectivity index (χ0v) is 10.3.